The average Bonchev–Trinajstić information content (AvgIpc) is 2.69. The maximum atomic E-state index is 11.3. The molecule has 0 atom stereocenters. The Morgan fingerprint density at radius 2 is 1.62 bits per heavy atom. The minimum atomic E-state index is -0.463. The van der Waals surface area contributed by atoms with Crippen molar-refractivity contribution < 1.29 is 9.66 Å². The van der Waals surface area contributed by atoms with Gasteiger partial charge in [0.1, 0.15) is 0 Å². The third kappa shape index (κ3) is 3.87. The van der Waals surface area contributed by atoms with Crippen molar-refractivity contribution >= 4 is 17.1 Å². The van der Waals surface area contributed by atoms with E-state index in [1.54, 1.807) is 12.1 Å². The molecule has 0 bridgehead atoms. The van der Waals surface area contributed by atoms with E-state index < -0.39 is 4.92 Å². The molecule has 6 nitrogen and oxygen atoms in total. The lowest BCUT2D eigenvalue weighted by Gasteiger charge is -2.10. The number of nitro benzene ring substituents is 1. The van der Waals surface area contributed by atoms with E-state index in [2.05, 4.69) is 10.5 Å². The molecule has 0 aliphatic carbocycles. The Kier molecular flexibility index (Phi) is 5.24. The molecule has 0 fully saturated rings. The van der Waals surface area contributed by atoms with Crippen molar-refractivity contribution in [1.29, 1.82) is 0 Å². The summed E-state index contributed by atoms with van der Waals surface area (Å²) in [6.07, 6.45) is 0. The summed E-state index contributed by atoms with van der Waals surface area (Å²) in [6, 6.07) is 23.8. The van der Waals surface area contributed by atoms with Gasteiger partial charge in [-0.15, -0.1) is 0 Å². The van der Waals surface area contributed by atoms with Crippen LogP contribution in [0.3, 0.4) is 0 Å². The van der Waals surface area contributed by atoms with Crippen molar-refractivity contribution in [3.05, 3.63) is 100 Å². The fourth-order valence-electron chi connectivity index (χ4n) is 2.50. The molecule has 6 heteroatoms. The molecular formula is C20H17N3O3. The molecule has 0 saturated heterocycles. The summed E-state index contributed by atoms with van der Waals surface area (Å²) < 4.78 is 5.08. The second kappa shape index (κ2) is 7.94. The summed E-state index contributed by atoms with van der Waals surface area (Å²) in [5, 5.41) is 15.8. The molecule has 0 aromatic heterocycles. The minimum Gasteiger partial charge on any atom is -0.490 e. The zero-order valence-corrected chi connectivity index (χ0v) is 14.1. The van der Waals surface area contributed by atoms with Gasteiger partial charge in [-0.3, -0.25) is 15.5 Å². The van der Waals surface area contributed by atoms with E-state index in [0.717, 1.165) is 11.3 Å². The number of nitrogens with one attached hydrogen (secondary N) is 1. The largest absolute Gasteiger partial charge is 0.490 e. The van der Waals surface area contributed by atoms with Crippen LogP contribution in [0, 0.1) is 10.1 Å². The number of methoxy groups -OCH3 is 1. The van der Waals surface area contributed by atoms with Gasteiger partial charge in [0, 0.05) is 17.2 Å². The van der Waals surface area contributed by atoms with Gasteiger partial charge in [0.15, 0.2) is 5.75 Å². The molecule has 0 heterocycles. The van der Waals surface area contributed by atoms with Crippen molar-refractivity contribution in [3.8, 4) is 5.75 Å². The van der Waals surface area contributed by atoms with Crippen molar-refractivity contribution in [1.82, 2.24) is 0 Å². The maximum Gasteiger partial charge on any atom is 0.311 e. The highest BCUT2D eigenvalue weighted by molar-refractivity contribution is 6.13. The predicted octanol–water partition coefficient (Wildman–Crippen LogP) is 4.47. The van der Waals surface area contributed by atoms with Crippen LogP contribution in [0.4, 0.5) is 11.4 Å². The monoisotopic (exact) mass is 347 g/mol. The van der Waals surface area contributed by atoms with Gasteiger partial charge in [-0.2, -0.15) is 5.10 Å². The Morgan fingerprint density at radius 1 is 0.962 bits per heavy atom. The standard InChI is InChI=1S/C20H17N3O3/c1-26-19-13-12-16(14-18(19)23(24)25)20(15-8-4-2-5-9-15)22-21-17-10-6-3-7-11-17/h2-14,21H,1H3. The van der Waals surface area contributed by atoms with Crippen LogP contribution < -0.4 is 10.2 Å². The summed E-state index contributed by atoms with van der Waals surface area (Å²) in [6.45, 7) is 0. The van der Waals surface area contributed by atoms with Crippen LogP contribution in [0.1, 0.15) is 11.1 Å². The first kappa shape index (κ1) is 17.2. The molecule has 0 amide bonds. The first-order valence-electron chi connectivity index (χ1n) is 7.96. The van der Waals surface area contributed by atoms with E-state index in [1.165, 1.54) is 13.2 Å². The Morgan fingerprint density at radius 3 is 2.23 bits per heavy atom. The number of hydrazone groups is 1. The molecule has 3 rings (SSSR count). The molecule has 0 spiro atoms. The predicted molar refractivity (Wildman–Crippen MR) is 102 cm³/mol. The third-order valence-corrected chi connectivity index (χ3v) is 3.77. The van der Waals surface area contributed by atoms with Crippen LogP contribution in [0.5, 0.6) is 5.75 Å². The maximum absolute atomic E-state index is 11.3. The second-order valence-electron chi connectivity index (χ2n) is 5.45. The third-order valence-electron chi connectivity index (χ3n) is 3.77. The lowest BCUT2D eigenvalue weighted by atomic mass is 10.0. The molecule has 3 aromatic rings. The number of ether oxygens (including phenoxy) is 1. The Labute approximate surface area is 150 Å². The number of nitro groups is 1. The minimum absolute atomic E-state index is 0.103. The van der Waals surface area contributed by atoms with Crippen LogP contribution in [0.25, 0.3) is 0 Å². The Hall–Kier alpha value is -3.67. The number of hydrogen-bond acceptors (Lipinski definition) is 5. The zero-order valence-electron chi connectivity index (χ0n) is 14.1. The van der Waals surface area contributed by atoms with Crippen LogP contribution in [-0.4, -0.2) is 17.7 Å². The van der Waals surface area contributed by atoms with E-state index in [4.69, 9.17) is 4.74 Å². The summed E-state index contributed by atoms with van der Waals surface area (Å²) in [5.41, 5.74) is 5.78. The normalized spacial score (nSPS) is 11.0. The fraction of sp³-hybridized carbons (Fsp3) is 0.0500. The molecule has 0 saturated carbocycles. The van der Waals surface area contributed by atoms with E-state index in [-0.39, 0.29) is 11.4 Å². The molecule has 26 heavy (non-hydrogen) atoms. The van der Waals surface area contributed by atoms with E-state index in [9.17, 15) is 10.1 Å². The lowest BCUT2D eigenvalue weighted by molar-refractivity contribution is -0.385. The van der Waals surface area contributed by atoms with Crippen LogP contribution in [0.15, 0.2) is 84.0 Å². The smallest absolute Gasteiger partial charge is 0.311 e. The van der Waals surface area contributed by atoms with E-state index in [0.29, 0.717) is 11.3 Å². The average molecular weight is 347 g/mol. The van der Waals surface area contributed by atoms with Crippen molar-refractivity contribution in [2.45, 2.75) is 0 Å². The highest BCUT2D eigenvalue weighted by atomic mass is 16.6. The number of hydrogen-bond donors (Lipinski definition) is 1. The molecule has 3 aromatic carbocycles. The van der Waals surface area contributed by atoms with Gasteiger partial charge >= 0.3 is 5.69 Å². The number of rotatable bonds is 6. The van der Waals surface area contributed by atoms with Gasteiger partial charge in [-0.1, -0.05) is 48.5 Å². The van der Waals surface area contributed by atoms with Crippen LogP contribution in [0.2, 0.25) is 0 Å². The molecule has 1 N–H and O–H groups in total. The van der Waals surface area contributed by atoms with Crippen molar-refractivity contribution in [2.75, 3.05) is 12.5 Å². The van der Waals surface area contributed by atoms with Gasteiger partial charge in [-0.25, -0.2) is 0 Å². The van der Waals surface area contributed by atoms with Crippen LogP contribution >= 0.6 is 0 Å². The molecule has 0 aliphatic heterocycles. The van der Waals surface area contributed by atoms with Gasteiger partial charge in [0.05, 0.1) is 23.4 Å². The van der Waals surface area contributed by atoms with Crippen molar-refractivity contribution in [3.63, 3.8) is 0 Å². The Bertz CT molecular complexity index is 926. The first-order valence-corrected chi connectivity index (χ1v) is 7.96. The SMILES string of the molecule is COc1ccc(C(=NNc2ccccc2)c2ccccc2)cc1[N+](=O)[O-]. The highest BCUT2D eigenvalue weighted by Crippen LogP contribution is 2.28. The van der Waals surface area contributed by atoms with Gasteiger partial charge < -0.3 is 4.74 Å². The number of anilines is 1. The quantitative estimate of drug-likeness (QED) is 0.405. The van der Waals surface area contributed by atoms with E-state index in [1.807, 2.05) is 60.7 Å². The first-order chi connectivity index (χ1) is 12.7. The summed E-state index contributed by atoms with van der Waals surface area (Å²) in [7, 11) is 1.41. The second-order valence-corrected chi connectivity index (χ2v) is 5.45. The summed E-state index contributed by atoms with van der Waals surface area (Å²) in [5.74, 6) is 0.210. The number of nitrogens with zero attached hydrogens (tertiary/aromatic N) is 2. The fourth-order valence-corrected chi connectivity index (χ4v) is 2.50. The van der Waals surface area contributed by atoms with Gasteiger partial charge in [0.25, 0.3) is 0 Å². The Balaban J connectivity index is 2.06. The van der Waals surface area contributed by atoms with E-state index >= 15 is 0 Å². The molecule has 0 radical (unpaired) electrons. The molecule has 130 valence electrons. The number of benzene rings is 3. The van der Waals surface area contributed by atoms with Gasteiger partial charge in [-0.05, 0) is 24.3 Å². The van der Waals surface area contributed by atoms with Gasteiger partial charge in [0.2, 0.25) is 0 Å². The summed E-state index contributed by atoms with van der Waals surface area (Å²) >= 11 is 0. The lowest BCUT2D eigenvalue weighted by Crippen LogP contribution is -2.07. The molecular weight excluding hydrogens is 330 g/mol. The molecule has 0 unspecified atom stereocenters. The highest BCUT2D eigenvalue weighted by Gasteiger charge is 2.18. The van der Waals surface area contributed by atoms with Crippen molar-refractivity contribution in [2.24, 2.45) is 5.10 Å². The van der Waals surface area contributed by atoms with Crippen LogP contribution in [-0.2, 0) is 0 Å². The molecule has 0 aliphatic rings. The summed E-state index contributed by atoms with van der Waals surface area (Å²) in [4.78, 5) is 10.9. The zero-order chi connectivity index (χ0) is 18.4. The number of para-hydroxylation sites is 1. The topological polar surface area (TPSA) is 76.8 Å².